The SMILES string of the molecule is Cc1noc(C)c1C(=O)N[C@@H](C)Cc1cc2ccccc2o1. The van der Waals surface area contributed by atoms with Gasteiger partial charge in [-0.1, -0.05) is 23.4 Å². The molecule has 0 spiro atoms. The molecule has 0 bridgehead atoms. The van der Waals surface area contributed by atoms with Crippen LogP contribution in [-0.2, 0) is 6.42 Å². The predicted molar refractivity (Wildman–Crippen MR) is 82.8 cm³/mol. The van der Waals surface area contributed by atoms with Gasteiger partial charge in [0.1, 0.15) is 22.7 Å². The molecular weight excluding hydrogens is 280 g/mol. The third-order valence-electron chi connectivity index (χ3n) is 3.62. The van der Waals surface area contributed by atoms with Crippen molar-refractivity contribution in [2.75, 3.05) is 0 Å². The van der Waals surface area contributed by atoms with Crippen LogP contribution in [0.3, 0.4) is 0 Å². The summed E-state index contributed by atoms with van der Waals surface area (Å²) in [5.41, 5.74) is 1.98. The summed E-state index contributed by atoms with van der Waals surface area (Å²) in [6, 6.07) is 9.82. The topological polar surface area (TPSA) is 68.3 Å². The minimum atomic E-state index is -0.167. The number of hydrogen-bond donors (Lipinski definition) is 1. The van der Waals surface area contributed by atoms with E-state index in [2.05, 4.69) is 10.5 Å². The first-order valence-electron chi connectivity index (χ1n) is 7.26. The predicted octanol–water partition coefficient (Wildman–Crippen LogP) is 3.40. The molecule has 0 radical (unpaired) electrons. The maximum absolute atomic E-state index is 12.3. The van der Waals surface area contributed by atoms with E-state index in [9.17, 15) is 4.79 Å². The molecule has 1 atom stereocenters. The monoisotopic (exact) mass is 298 g/mol. The summed E-state index contributed by atoms with van der Waals surface area (Å²) in [5.74, 6) is 1.22. The Morgan fingerprint density at radius 1 is 1.32 bits per heavy atom. The highest BCUT2D eigenvalue weighted by Gasteiger charge is 2.19. The van der Waals surface area contributed by atoms with Crippen LogP contribution in [-0.4, -0.2) is 17.1 Å². The van der Waals surface area contributed by atoms with E-state index in [0.29, 0.717) is 23.4 Å². The standard InChI is InChI=1S/C17H18N2O3/c1-10(18-17(20)16-11(2)19-22-12(16)3)8-14-9-13-6-4-5-7-15(13)21-14/h4-7,9-10H,8H2,1-3H3,(H,18,20)/t10-/m0/s1. The number of para-hydroxylation sites is 1. The van der Waals surface area contributed by atoms with E-state index in [4.69, 9.17) is 8.94 Å². The molecule has 0 aliphatic heterocycles. The lowest BCUT2D eigenvalue weighted by Crippen LogP contribution is -2.34. The van der Waals surface area contributed by atoms with Gasteiger partial charge in [0, 0.05) is 17.8 Å². The first-order valence-corrected chi connectivity index (χ1v) is 7.26. The van der Waals surface area contributed by atoms with Gasteiger partial charge >= 0.3 is 0 Å². The summed E-state index contributed by atoms with van der Waals surface area (Å²) in [4.78, 5) is 12.3. The highest BCUT2D eigenvalue weighted by atomic mass is 16.5. The number of carbonyl (C=O) groups excluding carboxylic acids is 1. The van der Waals surface area contributed by atoms with Crippen LogP contribution >= 0.6 is 0 Å². The molecule has 5 nitrogen and oxygen atoms in total. The Bertz CT molecular complexity index is 764. The van der Waals surface area contributed by atoms with Crippen LogP contribution in [0.15, 0.2) is 39.3 Å². The molecule has 0 unspecified atom stereocenters. The molecule has 22 heavy (non-hydrogen) atoms. The Morgan fingerprint density at radius 2 is 2.09 bits per heavy atom. The zero-order chi connectivity index (χ0) is 15.7. The van der Waals surface area contributed by atoms with Crippen molar-refractivity contribution in [3.05, 3.63) is 53.1 Å². The molecule has 3 rings (SSSR count). The van der Waals surface area contributed by atoms with Gasteiger partial charge in [0.05, 0.1) is 5.69 Å². The van der Waals surface area contributed by atoms with Gasteiger partial charge in [0.2, 0.25) is 0 Å². The van der Waals surface area contributed by atoms with Gasteiger partial charge in [-0.05, 0) is 32.9 Å². The lowest BCUT2D eigenvalue weighted by atomic mass is 10.1. The number of carbonyl (C=O) groups is 1. The summed E-state index contributed by atoms with van der Waals surface area (Å²) in [6.45, 7) is 5.44. The van der Waals surface area contributed by atoms with Gasteiger partial charge < -0.3 is 14.3 Å². The zero-order valence-electron chi connectivity index (χ0n) is 12.8. The number of nitrogens with one attached hydrogen (secondary N) is 1. The van der Waals surface area contributed by atoms with E-state index < -0.39 is 0 Å². The number of rotatable bonds is 4. The number of fused-ring (bicyclic) bond motifs is 1. The van der Waals surface area contributed by atoms with Crippen molar-refractivity contribution in [1.29, 1.82) is 0 Å². The largest absolute Gasteiger partial charge is 0.461 e. The summed E-state index contributed by atoms with van der Waals surface area (Å²) in [5, 5.41) is 7.83. The molecule has 3 aromatic rings. The fourth-order valence-electron chi connectivity index (χ4n) is 2.59. The molecule has 0 aliphatic rings. The molecule has 1 amide bonds. The van der Waals surface area contributed by atoms with Crippen LogP contribution < -0.4 is 5.32 Å². The molecule has 0 aliphatic carbocycles. The van der Waals surface area contributed by atoms with E-state index in [1.165, 1.54) is 0 Å². The quantitative estimate of drug-likeness (QED) is 0.801. The fourth-order valence-corrected chi connectivity index (χ4v) is 2.59. The van der Waals surface area contributed by atoms with Gasteiger partial charge in [0.25, 0.3) is 5.91 Å². The molecular formula is C17H18N2O3. The van der Waals surface area contributed by atoms with E-state index in [0.717, 1.165) is 16.7 Å². The Morgan fingerprint density at radius 3 is 2.77 bits per heavy atom. The molecule has 1 N–H and O–H groups in total. The molecule has 2 aromatic heterocycles. The van der Waals surface area contributed by atoms with Gasteiger partial charge in [-0.25, -0.2) is 0 Å². The lowest BCUT2D eigenvalue weighted by Gasteiger charge is -2.12. The Hall–Kier alpha value is -2.56. The second kappa shape index (κ2) is 5.67. The van der Waals surface area contributed by atoms with Crippen molar-refractivity contribution < 1.29 is 13.7 Å². The molecule has 0 saturated heterocycles. The first kappa shape index (κ1) is 14.4. The smallest absolute Gasteiger partial charge is 0.257 e. The van der Waals surface area contributed by atoms with Gasteiger partial charge in [0.15, 0.2) is 0 Å². The summed E-state index contributed by atoms with van der Waals surface area (Å²) in [7, 11) is 0. The molecule has 1 aromatic carbocycles. The van der Waals surface area contributed by atoms with Crippen LogP contribution in [0.2, 0.25) is 0 Å². The minimum absolute atomic E-state index is 0.0539. The number of furan rings is 1. The lowest BCUT2D eigenvalue weighted by molar-refractivity contribution is 0.0937. The van der Waals surface area contributed by atoms with E-state index in [-0.39, 0.29) is 11.9 Å². The average Bonchev–Trinajstić information content (AvgIpc) is 3.01. The second-order valence-corrected chi connectivity index (χ2v) is 5.53. The van der Waals surface area contributed by atoms with Crippen molar-refractivity contribution in [3.8, 4) is 0 Å². The van der Waals surface area contributed by atoms with Gasteiger partial charge in [-0.3, -0.25) is 4.79 Å². The van der Waals surface area contributed by atoms with Crippen molar-refractivity contribution in [3.63, 3.8) is 0 Å². The number of aromatic nitrogens is 1. The highest BCUT2D eigenvalue weighted by Crippen LogP contribution is 2.20. The Kier molecular flexibility index (Phi) is 3.71. The van der Waals surface area contributed by atoms with Gasteiger partial charge in [-0.2, -0.15) is 0 Å². The van der Waals surface area contributed by atoms with Crippen molar-refractivity contribution in [1.82, 2.24) is 10.5 Å². The molecule has 114 valence electrons. The average molecular weight is 298 g/mol. The zero-order valence-corrected chi connectivity index (χ0v) is 12.8. The van der Waals surface area contributed by atoms with Crippen LogP contribution in [0.1, 0.15) is 34.5 Å². The van der Waals surface area contributed by atoms with E-state index in [1.807, 2.05) is 37.3 Å². The van der Waals surface area contributed by atoms with E-state index in [1.54, 1.807) is 13.8 Å². The number of aryl methyl sites for hydroxylation is 2. The van der Waals surface area contributed by atoms with Crippen LogP contribution in [0.25, 0.3) is 11.0 Å². The van der Waals surface area contributed by atoms with Crippen LogP contribution in [0.4, 0.5) is 0 Å². The fraction of sp³-hybridized carbons (Fsp3) is 0.294. The first-order chi connectivity index (χ1) is 10.5. The van der Waals surface area contributed by atoms with Gasteiger partial charge in [-0.15, -0.1) is 0 Å². The third-order valence-corrected chi connectivity index (χ3v) is 3.62. The van der Waals surface area contributed by atoms with Crippen molar-refractivity contribution in [2.24, 2.45) is 0 Å². The minimum Gasteiger partial charge on any atom is -0.461 e. The number of nitrogens with zero attached hydrogens (tertiary/aromatic N) is 1. The highest BCUT2D eigenvalue weighted by molar-refractivity contribution is 5.96. The number of amides is 1. The maximum atomic E-state index is 12.3. The molecule has 0 saturated carbocycles. The summed E-state index contributed by atoms with van der Waals surface area (Å²) in [6.07, 6.45) is 0.629. The van der Waals surface area contributed by atoms with Crippen molar-refractivity contribution in [2.45, 2.75) is 33.2 Å². The summed E-state index contributed by atoms with van der Waals surface area (Å²) < 4.78 is 10.8. The molecule has 5 heteroatoms. The number of benzene rings is 1. The van der Waals surface area contributed by atoms with Crippen molar-refractivity contribution >= 4 is 16.9 Å². The maximum Gasteiger partial charge on any atom is 0.257 e. The molecule has 0 fully saturated rings. The van der Waals surface area contributed by atoms with E-state index >= 15 is 0 Å². The second-order valence-electron chi connectivity index (χ2n) is 5.53. The van der Waals surface area contributed by atoms with Crippen LogP contribution in [0, 0.1) is 13.8 Å². The number of hydrogen-bond acceptors (Lipinski definition) is 4. The summed E-state index contributed by atoms with van der Waals surface area (Å²) >= 11 is 0. The Balaban J connectivity index is 1.69. The Labute approximate surface area is 128 Å². The molecule has 2 heterocycles. The van der Waals surface area contributed by atoms with Crippen LogP contribution in [0.5, 0.6) is 0 Å². The third kappa shape index (κ3) is 2.74. The normalized spacial score (nSPS) is 12.5.